The number of aryl methyl sites for hydroxylation is 2. The van der Waals surface area contributed by atoms with Crippen molar-refractivity contribution >= 4 is 16.8 Å². The van der Waals surface area contributed by atoms with Crippen LogP contribution in [0.1, 0.15) is 17.5 Å². The Kier molecular flexibility index (Phi) is 5.20. The average molecular weight is 393 g/mol. The number of nitrogens with one attached hydrogen (secondary N) is 1. The number of aromatic nitrogens is 2. The van der Waals surface area contributed by atoms with Crippen molar-refractivity contribution in [2.45, 2.75) is 32.4 Å². The van der Waals surface area contributed by atoms with Gasteiger partial charge < -0.3 is 14.8 Å². The van der Waals surface area contributed by atoms with Gasteiger partial charge in [0.05, 0.1) is 30.4 Å². The van der Waals surface area contributed by atoms with Gasteiger partial charge >= 0.3 is 0 Å². The van der Waals surface area contributed by atoms with E-state index in [0.717, 1.165) is 16.9 Å². The summed E-state index contributed by atoms with van der Waals surface area (Å²) in [6, 6.07) is 11.1. The Morgan fingerprint density at radius 2 is 2.14 bits per heavy atom. The molecular formula is C22H23N3O4. The van der Waals surface area contributed by atoms with E-state index in [1.54, 1.807) is 13.2 Å². The summed E-state index contributed by atoms with van der Waals surface area (Å²) in [4.78, 5) is 29.4. The van der Waals surface area contributed by atoms with E-state index in [2.05, 4.69) is 10.3 Å². The minimum Gasteiger partial charge on any atom is -0.493 e. The first-order chi connectivity index (χ1) is 14.1. The quantitative estimate of drug-likeness (QED) is 0.719. The predicted molar refractivity (Wildman–Crippen MR) is 109 cm³/mol. The first-order valence-electron chi connectivity index (χ1n) is 9.59. The summed E-state index contributed by atoms with van der Waals surface area (Å²) in [6.45, 7) is 2.59. The first kappa shape index (κ1) is 19.0. The smallest absolute Gasteiger partial charge is 0.261 e. The largest absolute Gasteiger partial charge is 0.493 e. The highest BCUT2D eigenvalue weighted by Crippen LogP contribution is 2.34. The molecular weight excluding hydrogens is 370 g/mol. The summed E-state index contributed by atoms with van der Waals surface area (Å²) in [5, 5.41) is 3.56. The Bertz CT molecular complexity index is 1120. The lowest BCUT2D eigenvalue weighted by Crippen LogP contribution is -2.43. The minimum atomic E-state index is -0.131. The molecule has 4 rings (SSSR count). The number of fused-ring (bicyclic) bond motifs is 2. The van der Waals surface area contributed by atoms with Gasteiger partial charge in [0.15, 0.2) is 11.5 Å². The van der Waals surface area contributed by atoms with Gasteiger partial charge in [-0.2, -0.15) is 0 Å². The Morgan fingerprint density at radius 3 is 2.97 bits per heavy atom. The van der Waals surface area contributed by atoms with Gasteiger partial charge in [-0.15, -0.1) is 0 Å². The van der Waals surface area contributed by atoms with Crippen molar-refractivity contribution in [2.24, 2.45) is 0 Å². The normalized spacial score (nSPS) is 15.4. The molecule has 0 spiro atoms. The van der Waals surface area contributed by atoms with Gasteiger partial charge in [0.1, 0.15) is 6.61 Å². The third-order valence-corrected chi connectivity index (χ3v) is 5.18. The topological polar surface area (TPSA) is 82.4 Å². The van der Waals surface area contributed by atoms with Crippen LogP contribution in [0.5, 0.6) is 11.5 Å². The standard InChI is InChI=1S/C22H23N3O4/c1-14-5-3-7-17-20(14)23-13-25(22(17)27)10-9-19(26)24-16-11-15-6-4-8-18(28-2)21(15)29-12-16/h3-8,13,16H,9-12H2,1-2H3,(H,24,26). The number of para-hydroxylation sites is 2. The van der Waals surface area contributed by atoms with E-state index in [4.69, 9.17) is 9.47 Å². The number of carbonyl (C=O) groups excluding carboxylic acids is 1. The molecule has 0 radical (unpaired) electrons. The fourth-order valence-corrected chi connectivity index (χ4v) is 3.67. The summed E-state index contributed by atoms with van der Waals surface area (Å²) in [6.07, 6.45) is 2.38. The monoisotopic (exact) mass is 393 g/mol. The van der Waals surface area contributed by atoms with Crippen LogP contribution in [0.15, 0.2) is 47.5 Å². The molecule has 0 fully saturated rings. The van der Waals surface area contributed by atoms with Gasteiger partial charge in [-0.1, -0.05) is 24.3 Å². The van der Waals surface area contributed by atoms with E-state index >= 15 is 0 Å². The average Bonchev–Trinajstić information content (AvgIpc) is 2.73. The maximum absolute atomic E-state index is 12.6. The highest BCUT2D eigenvalue weighted by molar-refractivity contribution is 5.80. The number of hydrogen-bond donors (Lipinski definition) is 1. The first-order valence-corrected chi connectivity index (χ1v) is 9.59. The Labute approximate surface area is 168 Å². The number of ether oxygens (including phenoxy) is 2. The lowest BCUT2D eigenvalue weighted by molar-refractivity contribution is -0.122. The van der Waals surface area contributed by atoms with Crippen LogP contribution in [0.4, 0.5) is 0 Å². The van der Waals surface area contributed by atoms with Crippen LogP contribution < -0.4 is 20.3 Å². The van der Waals surface area contributed by atoms with Crippen molar-refractivity contribution in [2.75, 3.05) is 13.7 Å². The number of methoxy groups -OCH3 is 1. The van der Waals surface area contributed by atoms with E-state index < -0.39 is 0 Å². The van der Waals surface area contributed by atoms with Crippen LogP contribution >= 0.6 is 0 Å². The zero-order valence-electron chi connectivity index (χ0n) is 16.5. The Morgan fingerprint density at radius 1 is 1.31 bits per heavy atom. The van der Waals surface area contributed by atoms with Gasteiger partial charge in [-0.3, -0.25) is 14.2 Å². The molecule has 29 heavy (non-hydrogen) atoms. The molecule has 2 heterocycles. The van der Waals surface area contributed by atoms with Crippen LogP contribution in [-0.4, -0.2) is 35.2 Å². The van der Waals surface area contributed by atoms with Crippen LogP contribution in [0.3, 0.4) is 0 Å². The molecule has 1 aromatic heterocycles. The van der Waals surface area contributed by atoms with Crippen molar-refractivity contribution in [1.29, 1.82) is 0 Å². The summed E-state index contributed by atoms with van der Waals surface area (Å²) in [7, 11) is 1.61. The highest BCUT2D eigenvalue weighted by atomic mass is 16.5. The van der Waals surface area contributed by atoms with E-state index in [-0.39, 0.29) is 30.5 Å². The molecule has 1 N–H and O–H groups in total. The fraction of sp³-hybridized carbons (Fsp3) is 0.318. The minimum absolute atomic E-state index is 0.115. The van der Waals surface area contributed by atoms with Gasteiger partial charge in [0.2, 0.25) is 5.91 Å². The molecule has 7 heteroatoms. The molecule has 2 aromatic carbocycles. The van der Waals surface area contributed by atoms with Crippen molar-refractivity contribution in [1.82, 2.24) is 14.9 Å². The molecule has 0 saturated carbocycles. The molecule has 0 bridgehead atoms. The Balaban J connectivity index is 1.39. The lowest BCUT2D eigenvalue weighted by atomic mass is 10.0. The van der Waals surface area contributed by atoms with Gasteiger partial charge in [-0.25, -0.2) is 4.98 Å². The number of benzene rings is 2. The van der Waals surface area contributed by atoms with Crippen LogP contribution in [-0.2, 0) is 17.8 Å². The van der Waals surface area contributed by atoms with E-state index in [0.29, 0.717) is 29.7 Å². The van der Waals surface area contributed by atoms with E-state index in [1.165, 1.54) is 10.9 Å². The second-order valence-electron chi connectivity index (χ2n) is 7.19. The number of hydrogen-bond acceptors (Lipinski definition) is 5. The molecule has 1 atom stereocenters. The SMILES string of the molecule is COc1cccc2c1OCC(NC(=O)CCn1cnc3c(C)cccc3c1=O)C2. The third kappa shape index (κ3) is 3.81. The number of rotatable bonds is 5. The molecule has 3 aromatic rings. The Hall–Kier alpha value is -3.35. The molecule has 0 saturated heterocycles. The molecule has 1 aliphatic heterocycles. The van der Waals surface area contributed by atoms with E-state index in [1.807, 2.05) is 37.3 Å². The predicted octanol–water partition coefficient (Wildman–Crippen LogP) is 2.22. The van der Waals surface area contributed by atoms with Gasteiger partial charge in [0.25, 0.3) is 5.56 Å². The van der Waals surface area contributed by atoms with Gasteiger partial charge in [-0.05, 0) is 31.0 Å². The second-order valence-corrected chi connectivity index (χ2v) is 7.19. The molecule has 150 valence electrons. The summed E-state index contributed by atoms with van der Waals surface area (Å²) in [5.74, 6) is 1.32. The van der Waals surface area contributed by atoms with Crippen molar-refractivity contribution in [3.63, 3.8) is 0 Å². The van der Waals surface area contributed by atoms with Crippen LogP contribution in [0.25, 0.3) is 10.9 Å². The zero-order chi connectivity index (χ0) is 20.4. The zero-order valence-corrected chi connectivity index (χ0v) is 16.5. The van der Waals surface area contributed by atoms with Crippen molar-refractivity contribution in [3.05, 3.63) is 64.2 Å². The van der Waals surface area contributed by atoms with Crippen LogP contribution in [0, 0.1) is 6.92 Å². The van der Waals surface area contributed by atoms with Crippen molar-refractivity contribution in [3.8, 4) is 11.5 Å². The maximum Gasteiger partial charge on any atom is 0.261 e. The summed E-state index contributed by atoms with van der Waals surface area (Å²) < 4.78 is 12.6. The summed E-state index contributed by atoms with van der Waals surface area (Å²) >= 11 is 0. The third-order valence-electron chi connectivity index (χ3n) is 5.18. The molecule has 1 unspecified atom stereocenters. The molecule has 0 aliphatic carbocycles. The highest BCUT2D eigenvalue weighted by Gasteiger charge is 2.23. The second kappa shape index (κ2) is 7.95. The molecule has 1 aliphatic rings. The number of amides is 1. The maximum atomic E-state index is 12.6. The van der Waals surface area contributed by atoms with Crippen LogP contribution in [0.2, 0.25) is 0 Å². The van der Waals surface area contributed by atoms with E-state index in [9.17, 15) is 9.59 Å². The number of carbonyl (C=O) groups is 1. The van der Waals surface area contributed by atoms with Crippen molar-refractivity contribution < 1.29 is 14.3 Å². The molecule has 7 nitrogen and oxygen atoms in total. The number of nitrogens with zero attached hydrogens (tertiary/aromatic N) is 2. The lowest BCUT2D eigenvalue weighted by Gasteiger charge is -2.27. The molecule has 1 amide bonds. The van der Waals surface area contributed by atoms with Gasteiger partial charge in [0, 0.05) is 18.5 Å². The fourth-order valence-electron chi connectivity index (χ4n) is 3.67. The summed E-state index contributed by atoms with van der Waals surface area (Å²) in [5.41, 5.74) is 2.53.